The van der Waals surface area contributed by atoms with Gasteiger partial charge in [0.1, 0.15) is 11.6 Å². The van der Waals surface area contributed by atoms with Gasteiger partial charge in [-0.1, -0.05) is 12.1 Å². The lowest BCUT2D eigenvalue weighted by molar-refractivity contribution is -0.00539. The van der Waals surface area contributed by atoms with Crippen LogP contribution in [-0.2, 0) is 11.3 Å². The Kier molecular flexibility index (Phi) is 6.36. The van der Waals surface area contributed by atoms with Gasteiger partial charge in [0.2, 0.25) is 0 Å². The van der Waals surface area contributed by atoms with Crippen LogP contribution in [0.3, 0.4) is 0 Å². The summed E-state index contributed by atoms with van der Waals surface area (Å²) < 4.78 is 25.4. The second kappa shape index (κ2) is 8.93. The van der Waals surface area contributed by atoms with Crippen LogP contribution in [0, 0.1) is 5.82 Å². The van der Waals surface area contributed by atoms with Crippen LogP contribution < -0.4 is 20.3 Å². The van der Waals surface area contributed by atoms with Gasteiger partial charge in [-0.25, -0.2) is 9.18 Å². The molecule has 3 rings (SSSR count). The number of rotatable bonds is 5. The lowest BCUT2D eigenvalue weighted by Crippen LogP contribution is -2.45. The van der Waals surface area contributed by atoms with Crippen molar-refractivity contribution in [3.8, 4) is 5.75 Å². The van der Waals surface area contributed by atoms with E-state index < -0.39 is 6.03 Å². The molecule has 1 aliphatic rings. The number of ether oxygens (including phenoxy) is 2. The topological polar surface area (TPSA) is 62.8 Å². The van der Waals surface area contributed by atoms with Gasteiger partial charge in [-0.2, -0.15) is 0 Å². The minimum Gasteiger partial charge on any atom is -0.497 e. The second-order valence-electron chi connectivity index (χ2n) is 6.98. The van der Waals surface area contributed by atoms with Gasteiger partial charge in [0, 0.05) is 25.3 Å². The van der Waals surface area contributed by atoms with E-state index in [0.29, 0.717) is 31.0 Å². The van der Waals surface area contributed by atoms with E-state index in [0.717, 1.165) is 11.3 Å². The summed E-state index contributed by atoms with van der Waals surface area (Å²) in [6, 6.07) is 11.8. The molecule has 0 aliphatic carbocycles. The summed E-state index contributed by atoms with van der Waals surface area (Å²) in [6.45, 7) is 5.58. The average Bonchev–Trinajstić information content (AvgIpc) is 2.66. The molecule has 2 atom stereocenters. The van der Waals surface area contributed by atoms with Gasteiger partial charge < -0.3 is 25.0 Å². The Balaban J connectivity index is 1.56. The molecule has 7 heteroatoms. The maximum Gasteiger partial charge on any atom is 0.319 e. The smallest absolute Gasteiger partial charge is 0.319 e. The van der Waals surface area contributed by atoms with Crippen molar-refractivity contribution < 1.29 is 18.7 Å². The van der Waals surface area contributed by atoms with Crippen molar-refractivity contribution in [2.24, 2.45) is 0 Å². The zero-order valence-electron chi connectivity index (χ0n) is 16.4. The number of morpholine rings is 1. The van der Waals surface area contributed by atoms with Crippen molar-refractivity contribution in [1.82, 2.24) is 5.32 Å². The third-order valence-electron chi connectivity index (χ3n) is 4.58. The number of hydrogen-bond donors (Lipinski definition) is 2. The van der Waals surface area contributed by atoms with E-state index in [2.05, 4.69) is 10.6 Å². The first-order valence-corrected chi connectivity index (χ1v) is 9.32. The molecule has 2 aromatic rings. The largest absolute Gasteiger partial charge is 0.497 e. The molecular formula is C21H26FN3O3. The molecule has 1 aliphatic heterocycles. The van der Waals surface area contributed by atoms with Crippen LogP contribution in [0.1, 0.15) is 19.4 Å². The highest BCUT2D eigenvalue weighted by Gasteiger charge is 2.24. The first-order chi connectivity index (χ1) is 13.4. The maximum absolute atomic E-state index is 14.6. The zero-order valence-corrected chi connectivity index (χ0v) is 16.4. The quantitative estimate of drug-likeness (QED) is 0.820. The van der Waals surface area contributed by atoms with Gasteiger partial charge in [-0.3, -0.25) is 0 Å². The van der Waals surface area contributed by atoms with Crippen molar-refractivity contribution in [3.63, 3.8) is 0 Å². The van der Waals surface area contributed by atoms with Gasteiger partial charge >= 0.3 is 6.03 Å². The molecule has 0 spiro atoms. The van der Waals surface area contributed by atoms with E-state index in [4.69, 9.17) is 9.47 Å². The van der Waals surface area contributed by atoms with Gasteiger partial charge in [-0.05, 0) is 49.7 Å². The van der Waals surface area contributed by atoms with Gasteiger partial charge in [0.15, 0.2) is 0 Å². The number of carbonyl (C=O) groups excluding carboxylic acids is 1. The SMILES string of the molecule is COc1ccc(CNC(=O)Nc2ccc(N3CC(C)OC(C)C3)c(F)c2)cc1. The molecule has 1 saturated heterocycles. The Hall–Kier alpha value is -2.80. The number of halogens is 1. The molecule has 0 saturated carbocycles. The molecule has 2 aromatic carbocycles. The van der Waals surface area contributed by atoms with Crippen molar-refractivity contribution in [2.75, 3.05) is 30.4 Å². The minimum absolute atomic E-state index is 0.0460. The predicted molar refractivity (Wildman–Crippen MR) is 107 cm³/mol. The Morgan fingerprint density at radius 3 is 2.46 bits per heavy atom. The number of nitrogens with zero attached hydrogens (tertiary/aromatic N) is 1. The number of anilines is 2. The Morgan fingerprint density at radius 1 is 1.18 bits per heavy atom. The van der Waals surface area contributed by atoms with Crippen LogP contribution in [-0.4, -0.2) is 38.4 Å². The molecule has 2 N–H and O–H groups in total. The molecule has 0 aromatic heterocycles. The number of urea groups is 1. The summed E-state index contributed by atoms with van der Waals surface area (Å²) in [5.41, 5.74) is 1.86. The molecule has 1 heterocycles. The van der Waals surface area contributed by atoms with E-state index in [1.807, 2.05) is 43.0 Å². The zero-order chi connectivity index (χ0) is 20.1. The van der Waals surface area contributed by atoms with Gasteiger partial charge in [0.25, 0.3) is 0 Å². The van der Waals surface area contributed by atoms with Crippen LogP contribution in [0.15, 0.2) is 42.5 Å². The third kappa shape index (κ3) is 5.13. The standard InChI is InChI=1S/C21H26FN3O3/c1-14-12-25(13-15(2)28-14)20-9-6-17(10-19(20)22)24-21(26)23-11-16-4-7-18(27-3)8-5-16/h4-10,14-15H,11-13H2,1-3H3,(H2,23,24,26). The highest BCUT2D eigenvalue weighted by molar-refractivity contribution is 5.89. The number of benzene rings is 2. The number of carbonyl (C=O) groups is 1. The lowest BCUT2D eigenvalue weighted by Gasteiger charge is -2.37. The van der Waals surface area contributed by atoms with Crippen molar-refractivity contribution in [3.05, 3.63) is 53.8 Å². The van der Waals surface area contributed by atoms with Crippen molar-refractivity contribution in [1.29, 1.82) is 0 Å². The molecule has 28 heavy (non-hydrogen) atoms. The molecule has 1 fully saturated rings. The molecule has 2 amide bonds. The average molecular weight is 387 g/mol. The summed E-state index contributed by atoms with van der Waals surface area (Å²) in [5, 5.41) is 5.42. The second-order valence-corrected chi connectivity index (χ2v) is 6.98. The Morgan fingerprint density at radius 2 is 1.86 bits per heavy atom. The highest BCUT2D eigenvalue weighted by atomic mass is 19.1. The number of amides is 2. The maximum atomic E-state index is 14.6. The van der Waals surface area contributed by atoms with Crippen molar-refractivity contribution in [2.45, 2.75) is 32.6 Å². The van der Waals surface area contributed by atoms with Gasteiger partial charge in [-0.15, -0.1) is 0 Å². The lowest BCUT2D eigenvalue weighted by atomic mass is 10.2. The molecule has 0 bridgehead atoms. The predicted octanol–water partition coefficient (Wildman–Crippen LogP) is 3.77. The van der Waals surface area contributed by atoms with E-state index in [9.17, 15) is 9.18 Å². The highest BCUT2D eigenvalue weighted by Crippen LogP contribution is 2.26. The Labute approximate surface area is 164 Å². The first kappa shape index (κ1) is 19.9. The van der Waals surface area contributed by atoms with Crippen LogP contribution in [0.5, 0.6) is 5.75 Å². The van der Waals surface area contributed by atoms with Crippen molar-refractivity contribution >= 4 is 17.4 Å². The first-order valence-electron chi connectivity index (χ1n) is 9.32. The summed E-state index contributed by atoms with van der Waals surface area (Å²) in [6.07, 6.45) is 0.0920. The van der Waals surface area contributed by atoms with Crippen LogP contribution in [0.25, 0.3) is 0 Å². The summed E-state index contributed by atoms with van der Waals surface area (Å²) in [7, 11) is 1.60. The fraction of sp³-hybridized carbons (Fsp3) is 0.381. The molecule has 6 nitrogen and oxygen atoms in total. The van der Waals surface area contributed by atoms with Crippen LogP contribution >= 0.6 is 0 Å². The molecule has 0 radical (unpaired) electrons. The Bertz CT molecular complexity index is 803. The molecular weight excluding hydrogens is 361 g/mol. The van der Waals surface area contributed by atoms with Crippen LogP contribution in [0.2, 0.25) is 0 Å². The molecule has 150 valence electrons. The number of nitrogens with one attached hydrogen (secondary N) is 2. The fourth-order valence-corrected chi connectivity index (χ4v) is 3.32. The molecule has 2 unspecified atom stereocenters. The monoisotopic (exact) mass is 387 g/mol. The summed E-state index contributed by atoms with van der Waals surface area (Å²) >= 11 is 0. The summed E-state index contributed by atoms with van der Waals surface area (Å²) in [5.74, 6) is 0.391. The normalized spacial score (nSPS) is 19.2. The van der Waals surface area contributed by atoms with E-state index in [-0.39, 0.29) is 18.0 Å². The minimum atomic E-state index is -0.392. The third-order valence-corrected chi connectivity index (χ3v) is 4.58. The number of methoxy groups -OCH3 is 1. The van der Waals surface area contributed by atoms with E-state index in [1.165, 1.54) is 6.07 Å². The summed E-state index contributed by atoms with van der Waals surface area (Å²) in [4.78, 5) is 14.1. The number of hydrogen-bond acceptors (Lipinski definition) is 4. The van der Waals surface area contributed by atoms with E-state index >= 15 is 0 Å². The van der Waals surface area contributed by atoms with Gasteiger partial charge in [0.05, 0.1) is 25.0 Å². The van der Waals surface area contributed by atoms with E-state index in [1.54, 1.807) is 19.2 Å². The van der Waals surface area contributed by atoms with Crippen LogP contribution in [0.4, 0.5) is 20.6 Å². The fourth-order valence-electron chi connectivity index (χ4n) is 3.32.